The van der Waals surface area contributed by atoms with Crippen molar-refractivity contribution < 1.29 is 0 Å². The van der Waals surface area contributed by atoms with Crippen LogP contribution < -0.4 is 10.6 Å². The second kappa shape index (κ2) is 6.02. The molecule has 0 saturated heterocycles. The number of nitrogens with zero attached hydrogens (tertiary/aromatic N) is 1. The van der Waals surface area contributed by atoms with Crippen molar-refractivity contribution in [1.29, 1.82) is 0 Å². The zero-order valence-corrected chi connectivity index (χ0v) is 14.9. The van der Waals surface area contributed by atoms with E-state index < -0.39 is 0 Å². The lowest BCUT2D eigenvalue weighted by molar-refractivity contribution is 0.222. The van der Waals surface area contributed by atoms with Gasteiger partial charge in [-0.1, -0.05) is 26.1 Å². The summed E-state index contributed by atoms with van der Waals surface area (Å²) in [6.45, 7) is 4.74. The molecule has 0 spiro atoms. The topological polar surface area (TPSA) is 29.3 Å². The third-order valence-electron chi connectivity index (χ3n) is 4.48. The Balaban J connectivity index is 2.12. The van der Waals surface area contributed by atoms with Gasteiger partial charge in [0.1, 0.15) is 4.99 Å². The number of thiocarbonyl (C=S) groups is 1. The minimum absolute atomic E-state index is 0.436. The van der Waals surface area contributed by atoms with Crippen LogP contribution >= 0.6 is 28.1 Å². The minimum atomic E-state index is 0.436. The molecule has 1 aliphatic carbocycles. The Morgan fingerprint density at radius 2 is 1.95 bits per heavy atom. The predicted octanol–water partition coefficient (Wildman–Crippen LogP) is 4.49. The number of rotatable bonds is 3. The molecule has 0 bridgehead atoms. The van der Waals surface area contributed by atoms with Crippen LogP contribution in [0.1, 0.15) is 45.1 Å². The Morgan fingerprint density at radius 1 is 1.35 bits per heavy atom. The maximum atomic E-state index is 5.70. The number of benzene rings is 1. The lowest BCUT2D eigenvalue weighted by Crippen LogP contribution is -2.37. The van der Waals surface area contributed by atoms with E-state index >= 15 is 0 Å². The monoisotopic (exact) mass is 354 g/mol. The number of nitrogens with two attached hydrogens (primary N) is 1. The molecule has 1 aromatic rings. The molecular weight excluding hydrogens is 332 g/mol. The van der Waals surface area contributed by atoms with Crippen LogP contribution in [-0.2, 0) is 0 Å². The van der Waals surface area contributed by atoms with Crippen molar-refractivity contribution in [3.8, 4) is 0 Å². The first kappa shape index (κ1) is 15.8. The van der Waals surface area contributed by atoms with E-state index in [1.165, 1.54) is 31.4 Å². The van der Waals surface area contributed by atoms with Gasteiger partial charge < -0.3 is 10.6 Å². The summed E-state index contributed by atoms with van der Waals surface area (Å²) in [7, 11) is 2.19. The first-order chi connectivity index (χ1) is 9.30. The van der Waals surface area contributed by atoms with E-state index in [1.807, 2.05) is 6.07 Å². The van der Waals surface area contributed by atoms with Crippen LogP contribution in [0.3, 0.4) is 0 Å². The minimum Gasteiger partial charge on any atom is -0.389 e. The van der Waals surface area contributed by atoms with Gasteiger partial charge in [0.2, 0.25) is 0 Å². The van der Waals surface area contributed by atoms with E-state index in [2.05, 4.69) is 53.9 Å². The molecule has 4 heteroatoms. The lowest BCUT2D eigenvalue weighted by Gasteiger charge is -2.39. The molecule has 0 amide bonds. The second-order valence-electron chi connectivity index (χ2n) is 6.53. The van der Waals surface area contributed by atoms with Gasteiger partial charge in [0.25, 0.3) is 0 Å². The molecule has 0 atom stereocenters. The number of anilines is 1. The van der Waals surface area contributed by atoms with Crippen molar-refractivity contribution in [3.63, 3.8) is 0 Å². The van der Waals surface area contributed by atoms with E-state index in [1.54, 1.807) is 0 Å². The Bertz CT molecular complexity index is 503. The zero-order chi connectivity index (χ0) is 14.9. The third-order valence-corrected chi connectivity index (χ3v) is 5.36. The fourth-order valence-corrected chi connectivity index (χ4v) is 3.79. The van der Waals surface area contributed by atoms with Gasteiger partial charge in [0, 0.05) is 28.8 Å². The van der Waals surface area contributed by atoms with Gasteiger partial charge in [0.05, 0.1) is 0 Å². The predicted molar refractivity (Wildman–Crippen MR) is 94.5 cm³/mol. The fourth-order valence-electron chi connectivity index (χ4n) is 2.91. The molecule has 0 aromatic heterocycles. The highest BCUT2D eigenvalue weighted by molar-refractivity contribution is 9.10. The highest BCUT2D eigenvalue weighted by atomic mass is 79.9. The molecule has 1 fully saturated rings. The summed E-state index contributed by atoms with van der Waals surface area (Å²) in [6.07, 6.45) is 5.12. The summed E-state index contributed by atoms with van der Waals surface area (Å²) in [5.41, 5.74) is 8.34. The molecule has 0 radical (unpaired) electrons. The Kier molecular flexibility index (Phi) is 4.75. The molecule has 2 rings (SSSR count). The van der Waals surface area contributed by atoms with Gasteiger partial charge in [0.15, 0.2) is 0 Å². The maximum absolute atomic E-state index is 5.70. The molecule has 1 aliphatic rings. The van der Waals surface area contributed by atoms with E-state index in [0.717, 1.165) is 10.0 Å². The Labute approximate surface area is 135 Å². The van der Waals surface area contributed by atoms with Gasteiger partial charge in [-0.25, -0.2) is 0 Å². The van der Waals surface area contributed by atoms with Crippen molar-refractivity contribution in [2.24, 2.45) is 11.1 Å². The summed E-state index contributed by atoms with van der Waals surface area (Å²) >= 11 is 8.61. The van der Waals surface area contributed by atoms with Gasteiger partial charge in [-0.15, -0.1) is 0 Å². The van der Waals surface area contributed by atoms with E-state index in [4.69, 9.17) is 18.0 Å². The van der Waals surface area contributed by atoms with E-state index in [0.29, 0.717) is 16.4 Å². The Hall–Kier alpha value is -0.610. The van der Waals surface area contributed by atoms with Crippen LogP contribution in [0.4, 0.5) is 5.69 Å². The number of hydrogen-bond acceptors (Lipinski definition) is 2. The molecular formula is C16H23BrN2S. The van der Waals surface area contributed by atoms with Crippen LogP contribution in [0, 0.1) is 5.41 Å². The molecule has 0 heterocycles. The van der Waals surface area contributed by atoms with Crippen LogP contribution in [-0.4, -0.2) is 18.1 Å². The van der Waals surface area contributed by atoms with Crippen molar-refractivity contribution in [2.45, 2.75) is 45.6 Å². The molecule has 0 aliphatic heterocycles. The van der Waals surface area contributed by atoms with Gasteiger partial charge in [-0.05, 0) is 65.2 Å². The molecule has 2 nitrogen and oxygen atoms in total. The number of hydrogen-bond donors (Lipinski definition) is 1. The largest absolute Gasteiger partial charge is 0.389 e. The van der Waals surface area contributed by atoms with Crippen LogP contribution in [0.15, 0.2) is 22.7 Å². The molecule has 20 heavy (non-hydrogen) atoms. The highest BCUT2D eigenvalue weighted by Gasteiger charge is 2.29. The standard InChI is InChI=1S/C16H23BrN2S/c1-16(2)8-6-11(7-9-16)19(3)12-4-5-13(15(18)20)14(17)10-12/h4-5,10-11H,6-9H2,1-3H3,(H2,18,20). The number of halogens is 1. The van der Waals surface area contributed by atoms with Crippen molar-refractivity contribution in [1.82, 2.24) is 0 Å². The van der Waals surface area contributed by atoms with Gasteiger partial charge in [-0.3, -0.25) is 0 Å². The molecule has 0 unspecified atom stereocenters. The highest BCUT2D eigenvalue weighted by Crippen LogP contribution is 2.38. The average Bonchev–Trinajstić information content (AvgIpc) is 2.37. The first-order valence-corrected chi connectivity index (χ1v) is 8.32. The molecule has 1 saturated carbocycles. The van der Waals surface area contributed by atoms with E-state index in [9.17, 15) is 0 Å². The van der Waals surface area contributed by atoms with Crippen molar-refractivity contribution >= 4 is 38.8 Å². The normalized spacial score (nSPS) is 18.8. The smallest absolute Gasteiger partial charge is 0.105 e. The first-order valence-electron chi connectivity index (χ1n) is 7.12. The summed E-state index contributed by atoms with van der Waals surface area (Å²) < 4.78 is 0.977. The summed E-state index contributed by atoms with van der Waals surface area (Å²) in [5.74, 6) is 0. The molecule has 110 valence electrons. The summed E-state index contributed by atoms with van der Waals surface area (Å²) in [5, 5.41) is 0. The van der Waals surface area contributed by atoms with E-state index in [-0.39, 0.29) is 0 Å². The van der Waals surface area contributed by atoms with Crippen molar-refractivity contribution in [2.75, 3.05) is 11.9 Å². The summed E-state index contributed by atoms with van der Waals surface area (Å²) in [4.78, 5) is 2.83. The molecule has 2 N–H and O–H groups in total. The Morgan fingerprint density at radius 3 is 2.45 bits per heavy atom. The van der Waals surface area contributed by atoms with Crippen molar-refractivity contribution in [3.05, 3.63) is 28.2 Å². The third kappa shape index (κ3) is 3.53. The molecule has 1 aromatic carbocycles. The van der Waals surface area contributed by atoms with Crippen LogP contribution in [0.25, 0.3) is 0 Å². The maximum Gasteiger partial charge on any atom is 0.105 e. The van der Waals surface area contributed by atoms with Gasteiger partial charge in [-0.2, -0.15) is 0 Å². The zero-order valence-electron chi connectivity index (χ0n) is 12.4. The summed E-state index contributed by atoms with van der Waals surface area (Å²) in [6, 6.07) is 6.86. The lowest BCUT2D eigenvalue weighted by atomic mass is 9.75. The fraction of sp³-hybridized carbons (Fsp3) is 0.562. The van der Waals surface area contributed by atoms with Gasteiger partial charge >= 0.3 is 0 Å². The second-order valence-corrected chi connectivity index (χ2v) is 7.83. The average molecular weight is 355 g/mol. The van der Waals surface area contributed by atoms with Crippen LogP contribution in [0.5, 0.6) is 0 Å². The van der Waals surface area contributed by atoms with Crippen LogP contribution in [0.2, 0.25) is 0 Å². The quantitative estimate of drug-likeness (QED) is 0.810. The SMILES string of the molecule is CN(c1ccc(C(N)=S)c(Br)c1)C1CCC(C)(C)CC1.